The number of nitrogens with zero attached hydrogens (tertiary/aromatic N) is 2. The monoisotopic (exact) mass is 429 g/mol. The van der Waals surface area contributed by atoms with Crippen LogP contribution >= 0.6 is 0 Å². The van der Waals surface area contributed by atoms with Crippen molar-refractivity contribution in [2.45, 2.75) is 9.79 Å². The topological polar surface area (TPSA) is 119 Å². The molecule has 0 aliphatic carbocycles. The minimum atomic E-state index is -3.97. The van der Waals surface area contributed by atoms with E-state index in [-0.39, 0.29) is 21.4 Å². The summed E-state index contributed by atoms with van der Waals surface area (Å²) in [4.78, 5) is 8.39. The molecule has 29 heavy (non-hydrogen) atoms. The van der Waals surface area contributed by atoms with Gasteiger partial charge in [0.25, 0.3) is 10.0 Å². The maximum Gasteiger partial charge on any atom is 0.261 e. The molecule has 0 unspecified atom stereocenters. The van der Waals surface area contributed by atoms with E-state index in [1.807, 2.05) is 0 Å². The second-order valence-electron chi connectivity index (χ2n) is 6.24. The number of hydrogen-bond acceptors (Lipinski definition) is 7. The zero-order valence-electron chi connectivity index (χ0n) is 15.1. The fourth-order valence-corrected chi connectivity index (χ4v) is 4.42. The Kier molecular flexibility index (Phi) is 4.59. The molecule has 2 aromatic carbocycles. The van der Waals surface area contributed by atoms with Gasteiger partial charge in [0.15, 0.2) is 21.1 Å². The second kappa shape index (κ2) is 6.98. The van der Waals surface area contributed by atoms with Crippen molar-refractivity contribution < 1.29 is 21.3 Å². The average molecular weight is 429 g/mol. The van der Waals surface area contributed by atoms with E-state index in [2.05, 4.69) is 14.7 Å². The number of para-hydroxylation sites is 1. The fraction of sp³-hybridized carbons (Fsp3) is 0.0526. The minimum absolute atomic E-state index is 0.0378. The van der Waals surface area contributed by atoms with Crippen molar-refractivity contribution in [3.8, 4) is 11.5 Å². The Hall–Kier alpha value is -3.24. The number of oxazole rings is 1. The number of fused-ring (bicyclic) bond motifs is 1. The van der Waals surface area contributed by atoms with E-state index in [1.165, 1.54) is 24.3 Å². The van der Waals surface area contributed by atoms with Crippen molar-refractivity contribution in [3.63, 3.8) is 0 Å². The molecular formula is C19H15N3O5S2. The number of pyridine rings is 1. The van der Waals surface area contributed by atoms with Gasteiger partial charge in [0.05, 0.1) is 21.0 Å². The van der Waals surface area contributed by atoms with E-state index in [4.69, 9.17) is 4.42 Å². The van der Waals surface area contributed by atoms with E-state index < -0.39 is 19.9 Å². The average Bonchev–Trinajstić information content (AvgIpc) is 3.11. The van der Waals surface area contributed by atoms with E-state index >= 15 is 0 Å². The van der Waals surface area contributed by atoms with Crippen LogP contribution in [-0.4, -0.2) is 33.1 Å². The van der Waals surface area contributed by atoms with Crippen LogP contribution in [-0.2, 0) is 19.9 Å². The molecule has 0 saturated heterocycles. The summed E-state index contributed by atoms with van der Waals surface area (Å²) in [6, 6.07) is 15.1. The summed E-state index contributed by atoms with van der Waals surface area (Å²) in [5, 5.41) is 0. The molecule has 0 aliphatic heterocycles. The van der Waals surface area contributed by atoms with Crippen LogP contribution in [0.5, 0.6) is 0 Å². The lowest BCUT2D eigenvalue weighted by atomic mass is 10.2. The van der Waals surface area contributed by atoms with Gasteiger partial charge >= 0.3 is 0 Å². The zero-order valence-corrected chi connectivity index (χ0v) is 16.7. The molecule has 2 heterocycles. The summed E-state index contributed by atoms with van der Waals surface area (Å²) in [5.41, 5.74) is 1.61. The van der Waals surface area contributed by atoms with Crippen molar-refractivity contribution in [1.29, 1.82) is 0 Å². The van der Waals surface area contributed by atoms with E-state index in [1.54, 1.807) is 42.6 Å². The van der Waals surface area contributed by atoms with Crippen molar-refractivity contribution in [3.05, 3.63) is 66.9 Å². The Bertz CT molecular complexity index is 1380. The van der Waals surface area contributed by atoms with Crippen LogP contribution in [0, 0.1) is 0 Å². The first-order chi connectivity index (χ1) is 13.7. The molecule has 0 fully saturated rings. The highest BCUT2D eigenvalue weighted by atomic mass is 32.2. The molecule has 0 aliphatic rings. The summed E-state index contributed by atoms with van der Waals surface area (Å²) in [6.45, 7) is 0. The number of benzene rings is 2. The summed E-state index contributed by atoms with van der Waals surface area (Å²) in [7, 11) is -7.39. The quantitative estimate of drug-likeness (QED) is 0.518. The third kappa shape index (κ3) is 3.84. The van der Waals surface area contributed by atoms with Crippen LogP contribution in [0.3, 0.4) is 0 Å². The highest BCUT2D eigenvalue weighted by molar-refractivity contribution is 7.92. The van der Waals surface area contributed by atoms with Crippen LogP contribution in [0.4, 0.5) is 5.69 Å². The molecule has 0 spiro atoms. The summed E-state index contributed by atoms with van der Waals surface area (Å²) in [6.07, 6.45) is 2.64. The molecule has 148 valence electrons. The third-order valence-corrected chi connectivity index (χ3v) is 6.64. The van der Waals surface area contributed by atoms with Gasteiger partial charge in [-0.2, -0.15) is 4.98 Å². The van der Waals surface area contributed by atoms with Gasteiger partial charge in [-0.05, 0) is 48.5 Å². The molecular weight excluding hydrogens is 414 g/mol. The molecule has 0 saturated carbocycles. The van der Waals surface area contributed by atoms with Gasteiger partial charge in [-0.1, -0.05) is 12.1 Å². The van der Waals surface area contributed by atoms with Crippen LogP contribution in [0.1, 0.15) is 0 Å². The van der Waals surface area contributed by atoms with Gasteiger partial charge in [0, 0.05) is 12.5 Å². The first-order valence-corrected chi connectivity index (χ1v) is 11.8. The SMILES string of the molecule is CS(=O)(=O)c1ccc(S(=O)(=O)Nc2ccccc2-c2nc3ncccc3o2)cc1. The molecule has 0 atom stereocenters. The number of hydrogen-bond donors (Lipinski definition) is 1. The molecule has 0 radical (unpaired) electrons. The lowest BCUT2D eigenvalue weighted by Gasteiger charge is -2.11. The van der Waals surface area contributed by atoms with Crippen molar-refractivity contribution in [2.75, 3.05) is 11.0 Å². The largest absolute Gasteiger partial charge is 0.434 e. The maximum atomic E-state index is 12.8. The number of aromatic nitrogens is 2. The highest BCUT2D eigenvalue weighted by Gasteiger charge is 2.19. The molecule has 0 bridgehead atoms. The maximum absolute atomic E-state index is 12.8. The zero-order chi connectivity index (χ0) is 20.6. The molecule has 10 heteroatoms. The third-order valence-electron chi connectivity index (χ3n) is 4.13. The van der Waals surface area contributed by atoms with Crippen molar-refractivity contribution in [1.82, 2.24) is 9.97 Å². The number of rotatable bonds is 5. The van der Waals surface area contributed by atoms with Gasteiger partial charge in [0.1, 0.15) is 0 Å². The van der Waals surface area contributed by atoms with Gasteiger partial charge < -0.3 is 4.42 Å². The number of sulfonamides is 1. The van der Waals surface area contributed by atoms with Gasteiger partial charge in [-0.3, -0.25) is 4.72 Å². The number of nitrogens with one attached hydrogen (secondary N) is 1. The van der Waals surface area contributed by atoms with Crippen LogP contribution in [0.2, 0.25) is 0 Å². The number of anilines is 1. The smallest absolute Gasteiger partial charge is 0.261 e. The first kappa shape index (κ1) is 19.1. The summed E-state index contributed by atoms with van der Waals surface area (Å²) >= 11 is 0. The van der Waals surface area contributed by atoms with Crippen LogP contribution in [0.25, 0.3) is 22.7 Å². The number of sulfone groups is 1. The lowest BCUT2D eigenvalue weighted by molar-refractivity contribution is 0.597. The van der Waals surface area contributed by atoms with E-state index in [9.17, 15) is 16.8 Å². The first-order valence-electron chi connectivity index (χ1n) is 8.38. The Morgan fingerprint density at radius 3 is 2.24 bits per heavy atom. The summed E-state index contributed by atoms with van der Waals surface area (Å²) in [5.74, 6) is 0.226. The van der Waals surface area contributed by atoms with Crippen LogP contribution < -0.4 is 4.72 Å². The predicted octanol–water partition coefficient (Wildman–Crippen LogP) is 3.09. The predicted molar refractivity (Wildman–Crippen MR) is 108 cm³/mol. The molecule has 0 amide bonds. The van der Waals surface area contributed by atoms with Crippen LogP contribution in [0.15, 0.2) is 81.1 Å². The Labute approximate surface area is 167 Å². The molecule has 4 rings (SSSR count). The Morgan fingerprint density at radius 2 is 1.55 bits per heavy atom. The van der Waals surface area contributed by atoms with Gasteiger partial charge in [-0.15, -0.1) is 0 Å². The second-order valence-corrected chi connectivity index (χ2v) is 9.94. The highest BCUT2D eigenvalue weighted by Crippen LogP contribution is 2.31. The lowest BCUT2D eigenvalue weighted by Crippen LogP contribution is -2.14. The Balaban J connectivity index is 1.71. The van der Waals surface area contributed by atoms with Gasteiger partial charge in [-0.25, -0.2) is 21.8 Å². The standard InChI is InChI=1S/C19H15N3O5S2/c1-28(23,24)13-8-10-14(11-9-13)29(25,26)22-16-6-3-2-5-15(16)19-21-18-17(27-19)7-4-12-20-18/h2-12,22H,1H3. The van der Waals surface area contributed by atoms with Crippen molar-refractivity contribution >= 4 is 36.8 Å². The molecule has 1 N–H and O–H groups in total. The molecule has 4 aromatic rings. The normalized spacial score (nSPS) is 12.2. The molecule has 8 nitrogen and oxygen atoms in total. The minimum Gasteiger partial charge on any atom is -0.434 e. The van der Waals surface area contributed by atoms with E-state index in [0.717, 1.165) is 6.26 Å². The Morgan fingerprint density at radius 1 is 0.862 bits per heavy atom. The summed E-state index contributed by atoms with van der Waals surface area (Å²) < 4.78 is 56.9. The fourth-order valence-electron chi connectivity index (χ4n) is 2.71. The van der Waals surface area contributed by atoms with Gasteiger partial charge in [0.2, 0.25) is 5.89 Å². The van der Waals surface area contributed by atoms with Crippen molar-refractivity contribution in [2.24, 2.45) is 0 Å². The van der Waals surface area contributed by atoms with E-state index in [0.29, 0.717) is 16.8 Å². The molecule has 2 aromatic heterocycles.